The molecule has 1 amide bonds. The number of nitrogens with two attached hydrogens (primary N) is 1. The Bertz CT molecular complexity index is 763. The first-order valence-corrected chi connectivity index (χ1v) is 8.80. The quantitative estimate of drug-likeness (QED) is 0.589. The largest absolute Gasteiger partial charge is 0.506 e. The Morgan fingerprint density at radius 2 is 1.92 bits per heavy atom. The standard InChI is InChI=1S/C19H21BrN2O3/c1-12(7-8-13-5-3-2-4-6-13)22-11-17(23)14-9-15(19(21)25)18(24)16(20)10-14/h2-6,9-10,12,22,24H,7-8,11H2,1H3,(H2,21,25). The molecule has 2 aromatic carbocycles. The zero-order valence-electron chi connectivity index (χ0n) is 14.0. The zero-order chi connectivity index (χ0) is 18.4. The van der Waals surface area contributed by atoms with Gasteiger partial charge in [-0.1, -0.05) is 30.3 Å². The first-order chi connectivity index (χ1) is 11.9. The topological polar surface area (TPSA) is 92.4 Å². The Morgan fingerprint density at radius 1 is 1.24 bits per heavy atom. The van der Waals surface area contributed by atoms with E-state index in [2.05, 4.69) is 33.4 Å². The highest BCUT2D eigenvalue weighted by atomic mass is 79.9. The van der Waals surface area contributed by atoms with Crippen LogP contribution in [0.2, 0.25) is 0 Å². The van der Waals surface area contributed by atoms with Gasteiger partial charge < -0.3 is 16.2 Å². The lowest BCUT2D eigenvalue weighted by Gasteiger charge is -2.14. The van der Waals surface area contributed by atoms with Crippen LogP contribution in [0.4, 0.5) is 0 Å². The molecule has 0 aromatic heterocycles. The van der Waals surface area contributed by atoms with Crippen LogP contribution in [0.3, 0.4) is 0 Å². The number of ketones is 1. The summed E-state index contributed by atoms with van der Waals surface area (Å²) in [5.74, 6) is -1.21. The molecule has 0 saturated heterocycles. The second-order valence-electron chi connectivity index (χ2n) is 5.95. The Morgan fingerprint density at radius 3 is 2.56 bits per heavy atom. The fourth-order valence-corrected chi connectivity index (χ4v) is 2.91. The van der Waals surface area contributed by atoms with Crippen molar-refractivity contribution in [1.82, 2.24) is 5.32 Å². The molecule has 0 heterocycles. The predicted octanol–water partition coefficient (Wildman–Crippen LogP) is 3.05. The molecule has 0 aliphatic carbocycles. The summed E-state index contributed by atoms with van der Waals surface area (Å²) in [5, 5.41) is 13.0. The molecule has 0 bridgehead atoms. The number of Topliss-reactive ketones (excluding diaryl/α,β-unsaturated/α-hetero) is 1. The molecule has 5 nitrogen and oxygen atoms in total. The van der Waals surface area contributed by atoms with Crippen molar-refractivity contribution < 1.29 is 14.7 Å². The zero-order valence-corrected chi connectivity index (χ0v) is 15.5. The third-order valence-corrected chi connectivity index (χ3v) is 4.58. The molecule has 2 aromatic rings. The van der Waals surface area contributed by atoms with E-state index in [-0.39, 0.29) is 34.2 Å². The minimum Gasteiger partial charge on any atom is -0.506 e. The Hall–Kier alpha value is -2.18. The molecule has 25 heavy (non-hydrogen) atoms. The predicted molar refractivity (Wildman–Crippen MR) is 101 cm³/mol. The smallest absolute Gasteiger partial charge is 0.252 e. The summed E-state index contributed by atoms with van der Waals surface area (Å²) in [4.78, 5) is 23.7. The first-order valence-electron chi connectivity index (χ1n) is 8.01. The number of halogens is 1. The van der Waals surface area contributed by atoms with Gasteiger partial charge in [0.25, 0.3) is 5.91 Å². The molecular weight excluding hydrogens is 384 g/mol. The number of rotatable bonds is 8. The van der Waals surface area contributed by atoms with Gasteiger partial charge >= 0.3 is 0 Å². The van der Waals surface area contributed by atoms with Crippen molar-refractivity contribution in [2.75, 3.05) is 6.54 Å². The van der Waals surface area contributed by atoms with Crippen LogP contribution < -0.4 is 11.1 Å². The van der Waals surface area contributed by atoms with E-state index in [0.29, 0.717) is 5.56 Å². The third kappa shape index (κ3) is 5.41. The number of hydrogen-bond acceptors (Lipinski definition) is 4. The number of carbonyl (C=O) groups is 2. The number of nitrogens with one attached hydrogen (secondary N) is 1. The van der Waals surface area contributed by atoms with Crippen molar-refractivity contribution in [3.63, 3.8) is 0 Å². The van der Waals surface area contributed by atoms with E-state index in [4.69, 9.17) is 5.73 Å². The van der Waals surface area contributed by atoms with Gasteiger partial charge in [0.05, 0.1) is 16.6 Å². The average molecular weight is 405 g/mol. The summed E-state index contributed by atoms with van der Waals surface area (Å²) in [5.41, 5.74) is 6.73. The van der Waals surface area contributed by atoms with Crippen molar-refractivity contribution in [2.45, 2.75) is 25.8 Å². The number of hydrogen-bond donors (Lipinski definition) is 3. The lowest BCUT2D eigenvalue weighted by atomic mass is 10.0. The maximum atomic E-state index is 12.3. The van der Waals surface area contributed by atoms with Gasteiger partial charge in [0.2, 0.25) is 0 Å². The van der Waals surface area contributed by atoms with Crippen LogP contribution in [-0.2, 0) is 6.42 Å². The summed E-state index contributed by atoms with van der Waals surface area (Å²) in [6, 6.07) is 13.1. The summed E-state index contributed by atoms with van der Waals surface area (Å²) in [7, 11) is 0. The monoisotopic (exact) mass is 404 g/mol. The Balaban J connectivity index is 1.92. The Kier molecular flexibility index (Phi) is 6.73. The molecule has 0 aliphatic heterocycles. The molecular formula is C19H21BrN2O3. The second kappa shape index (κ2) is 8.78. The van der Waals surface area contributed by atoms with Gasteiger partial charge in [-0.05, 0) is 53.4 Å². The van der Waals surface area contributed by atoms with E-state index >= 15 is 0 Å². The molecule has 1 unspecified atom stereocenters. The van der Waals surface area contributed by atoms with E-state index in [1.54, 1.807) is 0 Å². The van der Waals surface area contributed by atoms with Crippen LogP contribution >= 0.6 is 15.9 Å². The van der Waals surface area contributed by atoms with Crippen molar-refractivity contribution in [2.24, 2.45) is 5.73 Å². The SMILES string of the molecule is CC(CCc1ccccc1)NCC(=O)c1cc(Br)c(O)c(C(N)=O)c1. The highest BCUT2D eigenvalue weighted by Gasteiger charge is 2.16. The average Bonchev–Trinajstić information content (AvgIpc) is 2.60. The lowest BCUT2D eigenvalue weighted by Crippen LogP contribution is -2.32. The fourth-order valence-electron chi connectivity index (χ4n) is 2.45. The van der Waals surface area contributed by atoms with E-state index in [1.165, 1.54) is 17.7 Å². The number of aryl methyl sites for hydroxylation is 1. The number of aromatic hydroxyl groups is 1. The molecule has 4 N–H and O–H groups in total. The van der Waals surface area contributed by atoms with Crippen LogP contribution in [0, 0.1) is 0 Å². The normalized spacial score (nSPS) is 11.9. The van der Waals surface area contributed by atoms with Gasteiger partial charge in [0.1, 0.15) is 5.75 Å². The van der Waals surface area contributed by atoms with Crippen LogP contribution in [0.15, 0.2) is 46.9 Å². The minimum absolute atomic E-state index is 0.0742. The molecule has 0 saturated carbocycles. The molecule has 0 fully saturated rings. The van der Waals surface area contributed by atoms with Crippen molar-refractivity contribution in [3.8, 4) is 5.75 Å². The van der Waals surface area contributed by atoms with Crippen LogP contribution in [0.5, 0.6) is 5.75 Å². The first kappa shape index (κ1) is 19.1. The number of amides is 1. The van der Waals surface area contributed by atoms with E-state index < -0.39 is 5.91 Å². The highest BCUT2D eigenvalue weighted by Crippen LogP contribution is 2.29. The maximum Gasteiger partial charge on any atom is 0.252 e. The van der Waals surface area contributed by atoms with Gasteiger partial charge in [-0.3, -0.25) is 9.59 Å². The van der Waals surface area contributed by atoms with Crippen molar-refractivity contribution in [1.29, 1.82) is 0 Å². The molecule has 2 rings (SSSR count). The van der Waals surface area contributed by atoms with E-state index in [9.17, 15) is 14.7 Å². The number of phenols is 1. The van der Waals surface area contributed by atoms with Gasteiger partial charge in [-0.15, -0.1) is 0 Å². The maximum absolute atomic E-state index is 12.3. The van der Waals surface area contributed by atoms with E-state index in [1.807, 2.05) is 25.1 Å². The molecule has 1 atom stereocenters. The molecule has 132 valence electrons. The van der Waals surface area contributed by atoms with Crippen LogP contribution in [0.1, 0.15) is 39.6 Å². The Labute approximate surface area is 155 Å². The van der Waals surface area contributed by atoms with Gasteiger partial charge in [-0.2, -0.15) is 0 Å². The van der Waals surface area contributed by atoms with Crippen LogP contribution in [-0.4, -0.2) is 29.4 Å². The van der Waals surface area contributed by atoms with Crippen LogP contribution in [0.25, 0.3) is 0 Å². The van der Waals surface area contributed by atoms with Gasteiger partial charge in [0.15, 0.2) is 5.78 Å². The lowest BCUT2D eigenvalue weighted by molar-refractivity contribution is 0.0987. The number of carbonyl (C=O) groups excluding carboxylic acids is 2. The molecule has 0 spiro atoms. The second-order valence-corrected chi connectivity index (χ2v) is 6.80. The molecule has 0 aliphatic rings. The van der Waals surface area contributed by atoms with Gasteiger partial charge in [0, 0.05) is 11.6 Å². The van der Waals surface area contributed by atoms with Crippen molar-refractivity contribution in [3.05, 3.63) is 63.6 Å². The molecule has 6 heteroatoms. The number of primary amides is 1. The van der Waals surface area contributed by atoms with Gasteiger partial charge in [-0.25, -0.2) is 0 Å². The van der Waals surface area contributed by atoms with E-state index in [0.717, 1.165) is 12.8 Å². The third-order valence-electron chi connectivity index (χ3n) is 3.97. The molecule has 0 radical (unpaired) electrons. The summed E-state index contributed by atoms with van der Waals surface area (Å²) < 4.78 is 0.268. The van der Waals surface area contributed by atoms with Crippen molar-refractivity contribution >= 4 is 27.6 Å². The minimum atomic E-state index is -0.781. The highest BCUT2D eigenvalue weighted by molar-refractivity contribution is 9.10. The summed E-state index contributed by atoms with van der Waals surface area (Å²) in [6.45, 7) is 2.17. The summed E-state index contributed by atoms with van der Waals surface area (Å²) >= 11 is 3.13. The summed E-state index contributed by atoms with van der Waals surface area (Å²) in [6.07, 6.45) is 1.84. The number of benzene rings is 2. The fraction of sp³-hybridized carbons (Fsp3) is 0.263.